The number of hydrogen-bond acceptors (Lipinski definition) is 2. The fraction of sp³-hybridized carbons (Fsp3) is 0.750. The molecule has 0 aliphatic rings. The molecule has 0 atom stereocenters. The maximum Gasteiger partial charge on any atom is 0.340 e. The number of alkyl halides is 1. The maximum absolute atomic E-state index is 10.4. The lowest BCUT2D eigenvalue weighted by atomic mass is 10.7. The summed E-state index contributed by atoms with van der Waals surface area (Å²) in [7, 11) is 1.24. The Hall–Kier alpha value is -0.480. The lowest BCUT2D eigenvalue weighted by molar-refractivity contribution is -0.0180. The normalized spacial score (nSPS) is 8.78. The van der Waals surface area contributed by atoms with E-state index >= 15 is 0 Å². The van der Waals surface area contributed by atoms with Crippen molar-refractivity contribution in [1.82, 2.24) is 10.4 Å². The standard InChI is InChI=1S/C4H9ClN2O2/c1-7(9)4(8)6-3-2-5/h9H,2-3H2,1H3,(H,6,8). The van der Waals surface area contributed by atoms with Crippen LogP contribution in [0.3, 0.4) is 0 Å². The molecule has 9 heavy (non-hydrogen) atoms. The van der Waals surface area contributed by atoms with Crippen LogP contribution in [0.5, 0.6) is 0 Å². The van der Waals surface area contributed by atoms with Gasteiger partial charge in [-0.3, -0.25) is 5.21 Å². The first-order valence-corrected chi connectivity index (χ1v) is 2.98. The molecule has 0 aromatic carbocycles. The molecule has 0 aromatic rings. The lowest BCUT2D eigenvalue weighted by Gasteiger charge is -2.07. The van der Waals surface area contributed by atoms with Gasteiger partial charge < -0.3 is 5.32 Å². The predicted octanol–water partition coefficient (Wildman–Crippen LogP) is 0.256. The smallest absolute Gasteiger partial charge is 0.335 e. The van der Waals surface area contributed by atoms with Gasteiger partial charge >= 0.3 is 6.03 Å². The monoisotopic (exact) mass is 152 g/mol. The second-order valence-corrected chi connectivity index (χ2v) is 1.82. The molecule has 0 radical (unpaired) electrons. The zero-order valence-electron chi connectivity index (χ0n) is 5.09. The number of carbonyl (C=O) groups is 1. The summed E-state index contributed by atoms with van der Waals surface area (Å²) in [6, 6.07) is -0.546. The van der Waals surface area contributed by atoms with E-state index in [2.05, 4.69) is 5.32 Å². The zero-order chi connectivity index (χ0) is 7.28. The van der Waals surface area contributed by atoms with Crippen LogP contribution in [0, 0.1) is 0 Å². The van der Waals surface area contributed by atoms with Gasteiger partial charge in [-0.25, -0.2) is 9.86 Å². The topological polar surface area (TPSA) is 52.6 Å². The molecule has 0 rings (SSSR count). The number of hydrogen-bond donors (Lipinski definition) is 2. The molecule has 2 N–H and O–H groups in total. The van der Waals surface area contributed by atoms with E-state index in [4.69, 9.17) is 16.8 Å². The Labute approximate surface area is 58.4 Å². The van der Waals surface area contributed by atoms with Crippen molar-refractivity contribution < 1.29 is 10.0 Å². The first-order valence-electron chi connectivity index (χ1n) is 2.45. The summed E-state index contributed by atoms with van der Waals surface area (Å²) in [4.78, 5) is 10.4. The lowest BCUT2D eigenvalue weighted by Crippen LogP contribution is -2.35. The Morgan fingerprint density at radius 2 is 2.44 bits per heavy atom. The summed E-state index contributed by atoms with van der Waals surface area (Å²) < 4.78 is 0. The van der Waals surface area contributed by atoms with Crippen molar-refractivity contribution in [3.63, 3.8) is 0 Å². The first-order chi connectivity index (χ1) is 4.18. The van der Waals surface area contributed by atoms with Gasteiger partial charge in [0.15, 0.2) is 0 Å². The average molecular weight is 153 g/mol. The number of carbonyl (C=O) groups excluding carboxylic acids is 1. The van der Waals surface area contributed by atoms with Gasteiger partial charge in [0.2, 0.25) is 0 Å². The van der Waals surface area contributed by atoms with Crippen molar-refractivity contribution in [1.29, 1.82) is 0 Å². The van der Waals surface area contributed by atoms with Crippen molar-refractivity contribution in [2.24, 2.45) is 0 Å². The van der Waals surface area contributed by atoms with Crippen LogP contribution in [0.4, 0.5) is 4.79 Å². The predicted molar refractivity (Wildman–Crippen MR) is 33.7 cm³/mol. The van der Waals surface area contributed by atoms with Crippen LogP contribution in [-0.2, 0) is 0 Å². The van der Waals surface area contributed by atoms with E-state index in [-0.39, 0.29) is 0 Å². The Morgan fingerprint density at radius 3 is 2.78 bits per heavy atom. The highest BCUT2D eigenvalue weighted by Gasteiger charge is 2.00. The number of nitrogens with zero attached hydrogens (tertiary/aromatic N) is 1. The van der Waals surface area contributed by atoms with Crippen LogP contribution in [0.15, 0.2) is 0 Å². The summed E-state index contributed by atoms with van der Waals surface area (Å²) in [6.07, 6.45) is 0. The summed E-state index contributed by atoms with van der Waals surface area (Å²) >= 11 is 5.24. The molecule has 0 aliphatic heterocycles. The maximum atomic E-state index is 10.4. The molecule has 0 fully saturated rings. The van der Waals surface area contributed by atoms with Gasteiger partial charge in [0.1, 0.15) is 0 Å². The van der Waals surface area contributed by atoms with Crippen LogP contribution in [-0.4, -0.2) is 35.8 Å². The molecule has 0 saturated heterocycles. The van der Waals surface area contributed by atoms with Gasteiger partial charge in [0.05, 0.1) is 0 Å². The average Bonchev–Trinajstić information content (AvgIpc) is 1.82. The zero-order valence-corrected chi connectivity index (χ0v) is 5.85. The fourth-order valence-electron chi connectivity index (χ4n) is 0.269. The van der Waals surface area contributed by atoms with Crippen molar-refractivity contribution in [3.8, 4) is 0 Å². The number of hydroxylamine groups is 2. The minimum Gasteiger partial charge on any atom is -0.335 e. The van der Waals surface area contributed by atoms with E-state index < -0.39 is 6.03 Å². The summed E-state index contributed by atoms with van der Waals surface area (Å²) in [5.74, 6) is 0.347. The van der Waals surface area contributed by atoms with Gasteiger partial charge in [0, 0.05) is 19.5 Å². The van der Waals surface area contributed by atoms with E-state index in [0.717, 1.165) is 0 Å². The molecule has 0 unspecified atom stereocenters. The molecule has 4 nitrogen and oxygen atoms in total. The largest absolute Gasteiger partial charge is 0.340 e. The highest BCUT2D eigenvalue weighted by molar-refractivity contribution is 6.18. The quantitative estimate of drug-likeness (QED) is 0.339. The SMILES string of the molecule is CN(O)C(=O)NCCCl. The third-order valence-electron chi connectivity index (χ3n) is 0.665. The van der Waals surface area contributed by atoms with Gasteiger partial charge in [-0.05, 0) is 0 Å². The summed E-state index contributed by atoms with van der Waals surface area (Å²) in [5, 5.41) is 11.2. The van der Waals surface area contributed by atoms with Crippen molar-refractivity contribution in [3.05, 3.63) is 0 Å². The number of halogens is 1. The van der Waals surface area contributed by atoms with Crippen LogP contribution in [0.1, 0.15) is 0 Å². The Morgan fingerprint density at radius 1 is 1.89 bits per heavy atom. The van der Waals surface area contributed by atoms with Gasteiger partial charge in [0.25, 0.3) is 0 Å². The fourth-order valence-corrected chi connectivity index (χ4v) is 0.363. The third kappa shape index (κ3) is 4.05. The van der Waals surface area contributed by atoms with Crippen molar-refractivity contribution in [2.75, 3.05) is 19.5 Å². The molecule has 0 heterocycles. The molecule has 0 aliphatic carbocycles. The first kappa shape index (κ1) is 8.52. The highest BCUT2D eigenvalue weighted by Crippen LogP contribution is 1.76. The molecule has 5 heteroatoms. The molecule has 0 spiro atoms. The minimum atomic E-state index is -0.546. The third-order valence-corrected chi connectivity index (χ3v) is 0.854. The molecular formula is C4H9ClN2O2. The van der Waals surface area contributed by atoms with Crippen molar-refractivity contribution >= 4 is 17.6 Å². The molecule has 54 valence electrons. The number of amides is 2. The van der Waals surface area contributed by atoms with Crippen LogP contribution < -0.4 is 5.32 Å². The number of nitrogens with one attached hydrogen (secondary N) is 1. The van der Waals surface area contributed by atoms with Crippen LogP contribution in [0.2, 0.25) is 0 Å². The minimum absolute atomic E-state index is 0.347. The summed E-state index contributed by atoms with van der Waals surface area (Å²) in [6.45, 7) is 0.366. The molecule has 0 aromatic heterocycles. The van der Waals surface area contributed by atoms with Crippen LogP contribution in [0.25, 0.3) is 0 Å². The van der Waals surface area contributed by atoms with E-state index in [1.165, 1.54) is 7.05 Å². The number of urea groups is 1. The second kappa shape index (κ2) is 4.40. The van der Waals surface area contributed by atoms with Gasteiger partial charge in [-0.1, -0.05) is 0 Å². The Kier molecular flexibility index (Phi) is 4.17. The van der Waals surface area contributed by atoms with Crippen LogP contribution >= 0.6 is 11.6 Å². The van der Waals surface area contributed by atoms with Gasteiger partial charge in [-0.2, -0.15) is 0 Å². The molecule has 0 saturated carbocycles. The molecule has 2 amide bonds. The highest BCUT2D eigenvalue weighted by atomic mass is 35.5. The molecular weight excluding hydrogens is 144 g/mol. The van der Waals surface area contributed by atoms with E-state index in [9.17, 15) is 4.79 Å². The second-order valence-electron chi connectivity index (χ2n) is 1.44. The molecule has 0 bridgehead atoms. The van der Waals surface area contributed by atoms with Crippen molar-refractivity contribution in [2.45, 2.75) is 0 Å². The van der Waals surface area contributed by atoms with Gasteiger partial charge in [-0.15, -0.1) is 11.6 Å². The van der Waals surface area contributed by atoms with E-state index in [1.54, 1.807) is 0 Å². The van der Waals surface area contributed by atoms with E-state index in [1.807, 2.05) is 0 Å². The van der Waals surface area contributed by atoms with E-state index in [0.29, 0.717) is 17.5 Å². The number of rotatable bonds is 2. The Bertz CT molecular complexity index is 96.6. The Balaban J connectivity index is 3.28. The summed E-state index contributed by atoms with van der Waals surface area (Å²) in [5.41, 5.74) is 0.